The molecule has 0 bridgehead atoms. The maximum atomic E-state index is 12.5. The molecule has 1 aliphatic rings. The third-order valence-corrected chi connectivity index (χ3v) is 4.68. The number of benzene rings is 1. The van der Waals surface area contributed by atoms with Gasteiger partial charge in [-0.25, -0.2) is 0 Å². The van der Waals surface area contributed by atoms with Gasteiger partial charge in [-0.3, -0.25) is 14.4 Å². The second-order valence-electron chi connectivity index (χ2n) is 6.36. The summed E-state index contributed by atoms with van der Waals surface area (Å²) in [6, 6.07) is 4.22. The van der Waals surface area contributed by atoms with E-state index in [1.165, 1.54) is 18.7 Å². The monoisotopic (exact) mass is 372 g/mol. The van der Waals surface area contributed by atoms with Crippen molar-refractivity contribution in [3.05, 3.63) is 28.2 Å². The summed E-state index contributed by atoms with van der Waals surface area (Å²) >= 11 is 11.8. The first-order valence-corrected chi connectivity index (χ1v) is 8.16. The van der Waals surface area contributed by atoms with Crippen molar-refractivity contribution in [2.45, 2.75) is 32.7 Å². The van der Waals surface area contributed by atoms with Crippen molar-refractivity contribution < 1.29 is 19.5 Å². The Hall–Kier alpha value is -1.79. The van der Waals surface area contributed by atoms with E-state index in [-0.39, 0.29) is 12.3 Å². The highest BCUT2D eigenvalue weighted by Gasteiger charge is 2.36. The zero-order chi connectivity index (χ0) is 18.1. The fourth-order valence-corrected chi connectivity index (χ4v) is 2.74. The van der Waals surface area contributed by atoms with Crippen molar-refractivity contribution in [3.63, 3.8) is 0 Å². The zero-order valence-electron chi connectivity index (χ0n) is 13.3. The predicted octanol–water partition coefficient (Wildman–Crippen LogP) is 2.72. The second kappa shape index (κ2) is 6.99. The highest BCUT2D eigenvalue weighted by Crippen LogP contribution is 2.29. The molecule has 1 aromatic carbocycles. The first-order valence-electron chi connectivity index (χ1n) is 7.41. The van der Waals surface area contributed by atoms with Gasteiger partial charge in [-0.1, -0.05) is 23.2 Å². The first-order chi connectivity index (χ1) is 11.1. The van der Waals surface area contributed by atoms with Gasteiger partial charge in [-0.15, -0.1) is 0 Å². The van der Waals surface area contributed by atoms with Crippen LogP contribution >= 0.6 is 23.2 Å². The minimum atomic E-state index is -1.19. The van der Waals surface area contributed by atoms with Gasteiger partial charge in [0.15, 0.2) is 0 Å². The van der Waals surface area contributed by atoms with E-state index in [1.54, 1.807) is 18.2 Å². The van der Waals surface area contributed by atoms with Crippen LogP contribution in [0, 0.1) is 5.41 Å². The van der Waals surface area contributed by atoms with Crippen molar-refractivity contribution in [3.8, 4) is 0 Å². The number of hydrogen-bond acceptors (Lipinski definition) is 3. The number of hydrogen-bond donors (Lipinski definition) is 2. The summed E-state index contributed by atoms with van der Waals surface area (Å²) in [6.07, 6.45) is 0.247. The molecule has 1 aromatic rings. The summed E-state index contributed by atoms with van der Waals surface area (Å²) in [6.45, 7) is 3.37. The number of halogens is 2. The van der Waals surface area contributed by atoms with Crippen LogP contribution in [-0.4, -0.2) is 35.5 Å². The highest BCUT2D eigenvalue weighted by atomic mass is 35.5. The molecule has 1 heterocycles. The molecular formula is C16H18Cl2N2O4. The number of carboxylic acids is 1. The Bertz CT molecular complexity index is 691. The van der Waals surface area contributed by atoms with Crippen LogP contribution in [0.4, 0.5) is 5.69 Å². The van der Waals surface area contributed by atoms with Crippen molar-refractivity contribution in [1.29, 1.82) is 0 Å². The molecule has 1 saturated heterocycles. The maximum absolute atomic E-state index is 12.5. The predicted molar refractivity (Wildman–Crippen MR) is 91.4 cm³/mol. The van der Waals surface area contributed by atoms with E-state index in [1.807, 2.05) is 0 Å². The van der Waals surface area contributed by atoms with Crippen LogP contribution in [0.3, 0.4) is 0 Å². The van der Waals surface area contributed by atoms with Crippen molar-refractivity contribution in [1.82, 2.24) is 5.32 Å². The van der Waals surface area contributed by atoms with Crippen molar-refractivity contribution in [2.75, 3.05) is 11.4 Å². The van der Waals surface area contributed by atoms with Crippen LogP contribution in [0.1, 0.15) is 26.7 Å². The lowest BCUT2D eigenvalue weighted by Gasteiger charge is -2.20. The van der Waals surface area contributed by atoms with E-state index >= 15 is 0 Å². The number of amides is 2. The van der Waals surface area contributed by atoms with Gasteiger partial charge in [0.2, 0.25) is 11.8 Å². The lowest BCUT2D eigenvalue weighted by Crippen LogP contribution is -2.43. The van der Waals surface area contributed by atoms with Crippen LogP contribution in [0.2, 0.25) is 10.0 Å². The number of anilines is 1. The molecule has 2 amide bonds. The molecule has 130 valence electrons. The van der Waals surface area contributed by atoms with Crippen LogP contribution in [0.5, 0.6) is 0 Å². The van der Waals surface area contributed by atoms with Crippen LogP contribution < -0.4 is 10.2 Å². The van der Waals surface area contributed by atoms with Gasteiger partial charge < -0.3 is 15.3 Å². The molecule has 1 aliphatic heterocycles. The van der Waals surface area contributed by atoms with Crippen molar-refractivity contribution >= 4 is 46.7 Å². The smallest absolute Gasteiger partial charge is 0.309 e. The molecule has 1 unspecified atom stereocenters. The molecular weight excluding hydrogens is 355 g/mol. The van der Waals surface area contributed by atoms with E-state index < -0.39 is 23.3 Å². The Morgan fingerprint density at radius 2 is 2.00 bits per heavy atom. The number of rotatable bonds is 5. The highest BCUT2D eigenvalue weighted by molar-refractivity contribution is 6.42. The number of carbonyl (C=O) groups is 3. The molecule has 0 aliphatic carbocycles. The Kier molecular flexibility index (Phi) is 5.40. The van der Waals surface area contributed by atoms with Gasteiger partial charge in [0.05, 0.1) is 15.5 Å². The lowest BCUT2D eigenvalue weighted by atomic mass is 9.89. The van der Waals surface area contributed by atoms with Gasteiger partial charge in [0.1, 0.15) is 6.04 Å². The quantitative estimate of drug-likeness (QED) is 0.831. The van der Waals surface area contributed by atoms with Gasteiger partial charge in [-0.05, 0) is 38.5 Å². The average molecular weight is 373 g/mol. The number of aliphatic carboxylic acids is 1. The summed E-state index contributed by atoms with van der Waals surface area (Å²) in [5.41, 5.74) is -0.577. The lowest BCUT2D eigenvalue weighted by molar-refractivity contribution is -0.149. The molecule has 0 radical (unpaired) electrons. The molecule has 2 N–H and O–H groups in total. The molecule has 0 saturated carbocycles. The molecule has 2 rings (SSSR count). The van der Waals surface area contributed by atoms with E-state index in [0.717, 1.165) is 0 Å². The molecule has 6 nitrogen and oxygen atoms in total. The third-order valence-electron chi connectivity index (χ3n) is 3.94. The van der Waals surface area contributed by atoms with Gasteiger partial charge in [0.25, 0.3) is 0 Å². The fourth-order valence-electron chi connectivity index (χ4n) is 2.45. The molecule has 8 heteroatoms. The standard InChI is InChI=1S/C16H18Cl2N2O4/c1-16(2,15(23)24)8-13(21)19-12-5-6-20(14(12)22)9-3-4-10(17)11(18)7-9/h3-4,7,12H,5-6,8H2,1-2H3,(H,19,21)(H,23,24). The minimum absolute atomic E-state index is 0.196. The summed E-state index contributed by atoms with van der Waals surface area (Å²) in [5, 5.41) is 12.4. The van der Waals surface area contributed by atoms with E-state index in [0.29, 0.717) is 28.7 Å². The molecule has 0 aromatic heterocycles. The third kappa shape index (κ3) is 3.99. The van der Waals surface area contributed by atoms with Gasteiger partial charge >= 0.3 is 5.97 Å². The SMILES string of the molecule is CC(C)(CC(=O)NC1CCN(c2ccc(Cl)c(Cl)c2)C1=O)C(=O)O. The fraction of sp³-hybridized carbons (Fsp3) is 0.438. The molecule has 1 atom stereocenters. The normalized spacial score (nSPS) is 17.9. The molecule has 1 fully saturated rings. The second-order valence-corrected chi connectivity index (χ2v) is 7.18. The summed E-state index contributed by atoms with van der Waals surface area (Å²) in [4.78, 5) is 37.1. The topological polar surface area (TPSA) is 86.7 Å². The number of carboxylic acid groups (broad SMARTS) is 1. The number of nitrogens with zero attached hydrogens (tertiary/aromatic N) is 1. The van der Waals surface area contributed by atoms with Crippen LogP contribution in [-0.2, 0) is 14.4 Å². The molecule has 0 spiro atoms. The minimum Gasteiger partial charge on any atom is -0.481 e. The van der Waals surface area contributed by atoms with E-state index in [2.05, 4.69) is 5.32 Å². The largest absolute Gasteiger partial charge is 0.481 e. The Labute approximate surface area is 149 Å². The van der Waals surface area contributed by atoms with Crippen LogP contribution in [0.15, 0.2) is 18.2 Å². The van der Waals surface area contributed by atoms with Crippen molar-refractivity contribution in [2.24, 2.45) is 5.41 Å². The Morgan fingerprint density at radius 3 is 2.58 bits per heavy atom. The zero-order valence-corrected chi connectivity index (χ0v) is 14.8. The van der Waals surface area contributed by atoms with E-state index in [4.69, 9.17) is 28.3 Å². The van der Waals surface area contributed by atoms with Gasteiger partial charge in [0, 0.05) is 18.7 Å². The summed E-state index contributed by atoms with van der Waals surface area (Å²) in [7, 11) is 0. The summed E-state index contributed by atoms with van der Waals surface area (Å²) in [5.74, 6) is -1.78. The Morgan fingerprint density at radius 1 is 1.33 bits per heavy atom. The average Bonchev–Trinajstić information content (AvgIpc) is 2.82. The maximum Gasteiger partial charge on any atom is 0.309 e. The first kappa shape index (κ1) is 18.5. The number of carbonyl (C=O) groups excluding carboxylic acids is 2. The summed E-state index contributed by atoms with van der Waals surface area (Å²) < 4.78 is 0. The Balaban J connectivity index is 2.02. The number of nitrogens with one attached hydrogen (secondary N) is 1. The molecule has 24 heavy (non-hydrogen) atoms. The van der Waals surface area contributed by atoms with Gasteiger partial charge in [-0.2, -0.15) is 0 Å². The van der Waals surface area contributed by atoms with Crippen LogP contribution in [0.25, 0.3) is 0 Å². The van der Waals surface area contributed by atoms with E-state index in [9.17, 15) is 14.4 Å².